The molecule has 0 aromatic carbocycles. The van der Waals surface area contributed by atoms with Crippen LogP contribution in [-0.2, 0) is 0 Å². The van der Waals surface area contributed by atoms with Crippen LogP contribution in [0.4, 0.5) is 0 Å². The minimum atomic E-state index is -0.242. The molecule has 0 aliphatic rings. The van der Waals surface area contributed by atoms with Crippen molar-refractivity contribution in [1.29, 1.82) is 0 Å². The molecule has 0 heterocycles. The van der Waals surface area contributed by atoms with E-state index in [1.54, 1.807) is 6.92 Å². The van der Waals surface area contributed by atoms with Crippen LogP contribution < -0.4 is 0 Å². The maximum absolute atomic E-state index is 5.21. The molecule has 1 atom stereocenters. The molecule has 0 aliphatic carbocycles. The van der Waals surface area contributed by atoms with Gasteiger partial charge in [-0.1, -0.05) is 36.5 Å². The highest BCUT2D eigenvalue weighted by Gasteiger charge is 1.88. The lowest BCUT2D eigenvalue weighted by atomic mass is 10.1. The van der Waals surface area contributed by atoms with Crippen molar-refractivity contribution in [2.45, 2.75) is 26.7 Å². The van der Waals surface area contributed by atoms with Gasteiger partial charge in [-0.3, -0.25) is 0 Å². The average molecular weight is 168 g/mol. The van der Waals surface area contributed by atoms with E-state index in [4.69, 9.17) is 6.42 Å². The molecule has 0 heteroatoms. The van der Waals surface area contributed by atoms with Gasteiger partial charge >= 0.3 is 0 Å². The summed E-state index contributed by atoms with van der Waals surface area (Å²) < 4.78 is 0. The predicted octanol–water partition coefficient (Wildman–Crippen LogP) is 2.07. The molecule has 0 spiro atoms. The lowest BCUT2D eigenvalue weighted by Crippen LogP contribution is -1.86. The number of hydrogen-bond donors (Lipinski definition) is 0. The number of terminal acetylenes is 1. The van der Waals surface area contributed by atoms with E-state index in [0.717, 1.165) is 6.42 Å². The Hall–Kier alpha value is -1.76. The van der Waals surface area contributed by atoms with Crippen LogP contribution in [-0.4, -0.2) is 0 Å². The normalized spacial score (nSPS) is 8.69. The van der Waals surface area contributed by atoms with Gasteiger partial charge in [-0.15, -0.1) is 18.3 Å². The SMILES string of the molecule is C#CC(C#CC)C#CCC#CCC. The van der Waals surface area contributed by atoms with Gasteiger partial charge in [0.25, 0.3) is 0 Å². The Labute approximate surface area is 81.1 Å². The molecule has 0 fully saturated rings. The quantitative estimate of drug-likeness (QED) is 0.486. The molecule has 0 nitrogen and oxygen atoms in total. The molecule has 0 bridgehead atoms. The van der Waals surface area contributed by atoms with Crippen molar-refractivity contribution in [3.63, 3.8) is 0 Å². The van der Waals surface area contributed by atoms with E-state index < -0.39 is 0 Å². The first-order chi connectivity index (χ1) is 6.35. The molecule has 0 aromatic heterocycles. The molecular formula is C13H12. The molecule has 64 valence electrons. The highest BCUT2D eigenvalue weighted by molar-refractivity contribution is 5.28. The third-order valence-corrected chi connectivity index (χ3v) is 1.18. The second-order valence-corrected chi connectivity index (χ2v) is 2.20. The van der Waals surface area contributed by atoms with E-state index in [2.05, 4.69) is 41.4 Å². The molecule has 0 aromatic rings. The first-order valence-corrected chi connectivity index (χ1v) is 4.17. The van der Waals surface area contributed by atoms with Gasteiger partial charge in [-0.2, -0.15) is 0 Å². The molecule has 0 saturated heterocycles. The Kier molecular flexibility index (Phi) is 7.21. The monoisotopic (exact) mass is 168 g/mol. The van der Waals surface area contributed by atoms with Crippen LogP contribution in [0.5, 0.6) is 0 Å². The summed E-state index contributed by atoms with van der Waals surface area (Å²) in [5.74, 6) is 19.4. The topological polar surface area (TPSA) is 0 Å². The van der Waals surface area contributed by atoms with E-state index in [1.165, 1.54) is 0 Å². The summed E-state index contributed by atoms with van der Waals surface area (Å²) in [5.41, 5.74) is 0. The predicted molar refractivity (Wildman–Crippen MR) is 56.2 cm³/mol. The summed E-state index contributed by atoms with van der Waals surface area (Å²) in [5, 5.41) is 0. The van der Waals surface area contributed by atoms with E-state index in [-0.39, 0.29) is 5.92 Å². The van der Waals surface area contributed by atoms with E-state index in [1.807, 2.05) is 6.92 Å². The first kappa shape index (κ1) is 11.2. The molecule has 1 unspecified atom stereocenters. The van der Waals surface area contributed by atoms with Crippen molar-refractivity contribution in [2.75, 3.05) is 0 Å². The number of hydrogen-bond acceptors (Lipinski definition) is 0. The van der Waals surface area contributed by atoms with Crippen LogP contribution in [0.15, 0.2) is 0 Å². The third-order valence-electron chi connectivity index (χ3n) is 1.18. The second-order valence-electron chi connectivity index (χ2n) is 2.20. The molecule has 0 rings (SSSR count). The van der Waals surface area contributed by atoms with Gasteiger partial charge in [0.2, 0.25) is 0 Å². The zero-order chi connectivity index (χ0) is 9.94. The smallest absolute Gasteiger partial charge is 0.118 e. The summed E-state index contributed by atoms with van der Waals surface area (Å²) in [6.45, 7) is 3.76. The molecule has 13 heavy (non-hydrogen) atoms. The van der Waals surface area contributed by atoms with Gasteiger partial charge in [-0.05, 0) is 6.92 Å². The molecule has 0 saturated carbocycles. The lowest BCUT2D eigenvalue weighted by molar-refractivity contribution is 1.23. The van der Waals surface area contributed by atoms with Crippen LogP contribution in [0, 0.1) is 53.8 Å². The summed E-state index contributed by atoms with van der Waals surface area (Å²) in [4.78, 5) is 0. The summed E-state index contributed by atoms with van der Waals surface area (Å²) >= 11 is 0. The van der Waals surface area contributed by atoms with Crippen LogP contribution in [0.1, 0.15) is 26.7 Å². The van der Waals surface area contributed by atoms with Gasteiger partial charge in [0.1, 0.15) is 5.92 Å². The highest BCUT2D eigenvalue weighted by Crippen LogP contribution is 1.88. The van der Waals surface area contributed by atoms with Gasteiger partial charge in [0, 0.05) is 6.42 Å². The van der Waals surface area contributed by atoms with Crippen molar-refractivity contribution in [3.05, 3.63) is 0 Å². The van der Waals surface area contributed by atoms with E-state index in [0.29, 0.717) is 6.42 Å². The standard InChI is InChI=1S/C13H12/c1-4-7-8-9-10-12-13(6-3)11-5-2/h3,13H,4,9H2,1-2H3. The summed E-state index contributed by atoms with van der Waals surface area (Å²) in [6, 6.07) is 0. The summed E-state index contributed by atoms with van der Waals surface area (Å²) in [7, 11) is 0. The highest BCUT2D eigenvalue weighted by atomic mass is 13.9. The Morgan fingerprint density at radius 1 is 1.15 bits per heavy atom. The molecule has 0 N–H and O–H groups in total. The minimum Gasteiger partial charge on any atom is -0.118 e. The van der Waals surface area contributed by atoms with Crippen molar-refractivity contribution >= 4 is 0 Å². The molecule has 0 amide bonds. The number of rotatable bonds is 0. The van der Waals surface area contributed by atoms with Crippen LogP contribution in [0.25, 0.3) is 0 Å². The van der Waals surface area contributed by atoms with Gasteiger partial charge in [-0.25, -0.2) is 0 Å². The minimum absolute atomic E-state index is 0.242. The maximum Gasteiger partial charge on any atom is 0.141 e. The molecule has 0 radical (unpaired) electrons. The maximum atomic E-state index is 5.21. The zero-order valence-electron chi connectivity index (χ0n) is 8.07. The van der Waals surface area contributed by atoms with Gasteiger partial charge in [0.05, 0.1) is 6.42 Å². The molecular weight excluding hydrogens is 156 g/mol. The lowest BCUT2D eigenvalue weighted by Gasteiger charge is -1.85. The molecule has 0 aliphatic heterocycles. The van der Waals surface area contributed by atoms with Crippen molar-refractivity contribution in [3.8, 4) is 47.9 Å². The van der Waals surface area contributed by atoms with E-state index in [9.17, 15) is 0 Å². The first-order valence-electron chi connectivity index (χ1n) is 4.17. The van der Waals surface area contributed by atoms with Crippen LogP contribution >= 0.6 is 0 Å². The van der Waals surface area contributed by atoms with Crippen LogP contribution in [0.3, 0.4) is 0 Å². The Bertz CT molecular complexity index is 347. The Morgan fingerprint density at radius 3 is 2.46 bits per heavy atom. The van der Waals surface area contributed by atoms with E-state index >= 15 is 0 Å². The van der Waals surface area contributed by atoms with Gasteiger partial charge in [0.15, 0.2) is 0 Å². The Morgan fingerprint density at radius 2 is 1.92 bits per heavy atom. The fraction of sp³-hybridized carbons (Fsp3) is 0.385. The van der Waals surface area contributed by atoms with Crippen molar-refractivity contribution < 1.29 is 0 Å². The fourth-order valence-corrected chi connectivity index (χ4v) is 0.649. The van der Waals surface area contributed by atoms with Crippen LogP contribution in [0.2, 0.25) is 0 Å². The summed E-state index contributed by atoms with van der Waals surface area (Å²) in [6.07, 6.45) is 6.66. The fourth-order valence-electron chi connectivity index (χ4n) is 0.649. The Balaban J connectivity index is 4.06. The third kappa shape index (κ3) is 6.63. The van der Waals surface area contributed by atoms with Crippen molar-refractivity contribution in [2.24, 2.45) is 5.92 Å². The average Bonchev–Trinajstić information content (AvgIpc) is 2.16. The second kappa shape index (κ2) is 8.34. The van der Waals surface area contributed by atoms with Crippen molar-refractivity contribution in [1.82, 2.24) is 0 Å². The zero-order valence-corrected chi connectivity index (χ0v) is 8.07. The van der Waals surface area contributed by atoms with Gasteiger partial charge < -0.3 is 0 Å². The largest absolute Gasteiger partial charge is 0.141 e.